The molecule has 2 aromatic rings. The summed E-state index contributed by atoms with van der Waals surface area (Å²) in [5.74, 6) is -0.434. The normalized spacial score (nSPS) is 11.9. The molecule has 0 saturated heterocycles. The second kappa shape index (κ2) is 6.85. The van der Waals surface area contributed by atoms with Crippen molar-refractivity contribution >= 4 is 5.91 Å². The van der Waals surface area contributed by atoms with Crippen LogP contribution < -0.4 is 10.7 Å². The van der Waals surface area contributed by atoms with Gasteiger partial charge in [0.1, 0.15) is 5.56 Å². The van der Waals surface area contributed by atoms with Gasteiger partial charge in [-0.3, -0.25) is 9.59 Å². The highest BCUT2D eigenvalue weighted by Crippen LogP contribution is 2.14. The molecule has 1 aromatic carbocycles. The van der Waals surface area contributed by atoms with E-state index in [0.717, 1.165) is 5.56 Å². The van der Waals surface area contributed by atoms with Crippen molar-refractivity contribution in [2.24, 2.45) is 0 Å². The molecule has 0 radical (unpaired) electrons. The van der Waals surface area contributed by atoms with Crippen molar-refractivity contribution in [1.82, 2.24) is 10.3 Å². The van der Waals surface area contributed by atoms with Crippen LogP contribution in [0, 0.1) is 6.92 Å². The number of hydrogen-bond acceptors (Lipinski definition) is 3. The van der Waals surface area contributed by atoms with E-state index in [2.05, 4.69) is 10.3 Å². The Morgan fingerprint density at radius 2 is 2.05 bits per heavy atom. The highest BCUT2D eigenvalue weighted by Gasteiger charge is 2.11. The number of aliphatic hydroxyl groups excluding tert-OH is 1. The van der Waals surface area contributed by atoms with Gasteiger partial charge in [0.15, 0.2) is 5.43 Å². The van der Waals surface area contributed by atoms with Crippen LogP contribution in [-0.4, -0.2) is 22.5 Å². The van der Waals surface area contributed by atoms with Gasteiger partial charge in [0.25, 0.3) is 5.91 Å². The Balaban J connectivity index is 1.89. The van der Waals surface area contributed by atoms with E-state index in [1.807, 2.05) is 30.3 Å². The lowest BCUT2D eigenvalue weighted by molar-refractivity contribution is 0.0941. The molecule has 0 saturated carbocycles. The summed E-state index contributed by atoms with van der Waals surface area (Å²) < 4.78 is 0. The predicted octanol–water partition coefficient (Wildman–Crippen LogP) is 1.54. The molecule has 0 fully saturated rings. The van der Waals surface area contributed by atoms with Crippen molar-refractivity contribution in [1.29, 1.82) is 0 Å². The molecule has 1 atom stereocenters. The fourth-order valence-electron chi connectivity index (χ4n) is 2.01. The van der Waals surface area contributed by atoms with Gasteiger partial charge in [-0.25, -0.2) is 0 Å². The molecule has 2 rings (SSSR count). The maximum Gasteiger partial charge on any atom is 0.256 e. The highest BCUT2D eigenvalue weighted by atomic mass is 16.3. The molecule has 1 unspecified atom stereocenters. The number of pyridine rings is 1. The Morgan fingerprint density at radius 1 is 1.33 bits per heavy atom. The Kier molecular flexibility index (Phi) is 4.90. The molecule has 110 valence electrons. The number of nitrogens with one attached hydrogen (secondary N) is 2. The molecule has 21 heavy (non-hydrogen) atoms. The summed E-state index contributed by atoms with van der Waals surface area (Å²) >= 11 is 0. The van der Waals surface area contributed by atoms with Crippen molar-refractivity contribution in [3.05, 3.63) is 69.6 Å². The van der Waals surface area contributed by atoms with Crippen LogP contribution in [0.4, 0.5) is 0 Å². The van der Waals surface area contributed by atoms with Crippen LogP contribution in [-0.2, 0) is 0 Å². The van der Waals surface area contributed by atoms with Gasteiger partial charge in [0, 0.05) is 24.5 Å². The van der Waals surface area contributed by atoms with E-state index in [0.29, 0.717) is 18.7 Å². The lowest BCUT2D eigenvalue weighted by atomic mass is 10.1. The first-order chi connectivity index (χ1) is 10.1. The second-order valence-electron chi connectivity index (χ2n) is 4.87. The van der Waals surface area contributed by atoms with E-state index in [1.54, 1.807) is 6.92 Å². The third kappa shape index (κ3) is 4.03. The van der Waals surface area contributed by atoms with Gasteiger partial charge in [-0.2, -0.15) is 0 Å². The van der Waals surface area contributed by atoms with Crippen LogP contribution in [0.15, 0.2) is 47.4 Å². The minimum absolute atomic E-state index is 0.0785. The maximum absolute atomic E-state index is 11.9. The van der Waals surface area contributed by atoms with Gasteiger partial charge in [0.2, 0.25) is 0 Å². The summed E-state index contributed by atoms with van der Waals surface area (Å²) in [5, 5.41) is 12.6. The summed E-state index contributed by atoms with van der Waals surface area (Å²) in [6, 6.07) is 10.6. The van der Waals surface area contributed by atoms with E-state index >= 15 is 0 Å². The Bertz CT molecular complexity index is 665. The van der Waals surface area contributed by atoms with E-state index in [-0.39, 0.29) is 11.0 Å². The first kappa shape index (κ1) is 15.0. The molecular formula is C16H18N2O3. The third-order valence-corrected chi connectivity index (χ3v) is 3.19. The van der Waals surface area contributed by atoms with E-state index in [1.165, 1.54) is 12.3 Å². The van der Waals surface area contributed by atoms with Crippen molar-refractivity contribution in [2.45, 2.75) is 19.4 Å². The van der Waals surface area contributed by atoms with Gasteiger partial charge in [0.05, 0.1) is 6.10 Å². The van der Waals surface area contributed by atoms with E-state index < -0.39 is 12.0 Å². The van der Waals surface area contributed by atoms with Crippen LogP contribution >= 0.6 is 0 Å². The molecule has 0 aliphatic heterocycles. The minimum Gasteiger partial charge on any atom is -0.388 e. The maximum atomic E-state index is 11.9. The molecule has 3 N–H and O–H groups in total. The van der Waals surface area contributed by atoms with Crippen LogP contribution in [0.1, 0.15) is 34.1 Å². The highest BCUT2D eigenvalue weighted by molar-refractivity contribution is 5.93. The standard InChI is InChI=1S/C16H18N2O3/c1-11-9-15(20)13(10-18-11)16(21)17-8-7-14(19)12-5-3-2-4-6-12/h2-6,9-10,14,19H,7-8H2,1H3,(H,17,21)(H,18,20). The molecule has 0 aliphatic rings. The molecule has 1 aromatic heterocycles. The van der Waals surface area contributed by atoms with Crippen molar-refractivity contribution < 1.29 is 9.90 Å². The number of aromatic nitrogens is 1. The summed E-state index contributed by atoms with van der Waals surface area (Å²) in [7, 11) is 0. The first-order valence-corrected chi connectivity index (χ1v) is 6.78. The van der Waals surface area contributed by atoms with Gasteiger partial charge < -0.3 is 15.4 Å². The smallest absolute Gasteiger partial charge is 0.256 e. The average Bonchev–Trinajstić information content (AvgIpc) is 2.47. The van der Waals surface area contributed by atoms with E-state index in [4.69, 9.17) is 0 Å². The largest absolute Gasteiger partial charge is 0.388 e. The topological polar surface area (TPSA) is 82.2 Å². The Morgan fingerprint density at radius 3 is 2.71 bits per heavy atom. The van der Waals surface area contributed by atoms with Crippen LogP contribution in [0.3, 0.4) is 0 Å². The Hall–Kier alpha value is -2.40. The number of hydrogen-bond donors (Lipinski definition) is 3. The number of amides is 1. The first-order valence-electron chi connectivity index (χ1n) is 6.78. The Labute approximate surface area is 122 Å². The number of benzene rings is 1. The molecule has 5 heteroatoms. The zero-order valence-electron chi connectivity index (χ0n) is 11.8. The number of aryl methyl sites for hydroxylation is 1. The van der Waals surface area contributed by atoms with Crippen molar-refractivity contribution in [2.75, 3.05) is 6.54 Å². The predicted molar refractivity (Wildman–Crippen MR) is 80.2 cm³/mol. The fraction of sp³-hybridized carbons (Fsp3) is 0.250. The van der Waals surface area contributed by atoms with Crippen molar-refractivity contribution in [3.63, 3.8) is 0 Å². The fourth-order valence-corrected chi connectivity index (χ4v) is 2.01. The summed E-state index contributed by atoms with van der Waals surface area (Å²) in [6.07, 6.45) is 1.16. The SMILES string of the molecule is Cc1cc(=O)c(C(=O)NCCC(O)c2ccccc2)c[nH]1. The lowest BCUT2D eigenvalue weighted by Gasteiger charge is -2.11. The molecular weight excluding hydrogens is 268 g/mol. The summed E-state index contributed by atoms with van der Waals surface area (Å²) in [5.41, 5.74) is 1.28. The van der Waals surface area contributed by atoms with Crippen molar-refractivity contribution in [3.8, 4) is 0 Å². The average molecular weight is 286 g/mol. The number of carbonyl (C=O) groups is 1. The molecule has 5 nitrogen and oxygen atoms in total. The number of carbonyl (C=O) groups excluding carboxylic acids is 1. The van der Waals surface area contributed by atoms with Gasteiger partial charge in [-0.15, -0.1) is 0 Å². The van der Waals surface area contributed by atoms with Gasteiger partial charge in [-0.05, 0) is 18.9 Å². The number of aliphatic hydroxyl groups is 1. The molecule has 0 aliphatic carbocycles. The zero-order chi connectivity index (χ0) is 15.2. The molecule has 0 bridgehead atoms. The van der Waals surface area contributed by atoms with E-state index in [9.17, 15) is 14.7 Å². The number of rotatable bonds is 5. The molecule has 0 spiro atoms. The molecule has 1 amide bonds. The van der Waals surface area contributed by atoms with Crippen LogP contribution in [0.2, 0.25) is 0 Å². The monoisotopic (exact) mass is 286 g/mol. The molecule has 1 heterocycles. The van der Waals surface area contributed by atoms with Crippen LogP contribution in [0.25, 0.3) is 0 Å². The quantitative estimate of drug-likeness (QED) is 0.779. The number of aromatic amines is 1. The second-order valence-corrected chi connectivity index (χ2v) is 4.87. The minimum atomic E-state index is -0.636. The number of H-pyrrole nitrogens is 1. The van der Waals surface area contributed by atoms with Gasteiger partial charge >= 0.3 is 0 Å². The lowest BCUT2D eigenvalue weighted by Crippen LogP contribution is -2.30. The van der Waals surface area contributed by atoms with Crippen LogP contribution in [0.5, 0.6) is 0 Å². The summed E-state index contributed by atoms with van der Waals surface area (Å²) in [6.45, 7) is 2.04. The zero-order valence-corrected chi connectivity index (χ0v) is 11.8. The van der Waals surface area contributed by atoms with Gasteiger partial charge in [-0.1, -0.05) is 30.3 Å². The third-order valence-electron chi connectivity index (χ3n) is 3.19. The summed E-state index contributed by atoms with van der Waals surface area (Å²) in [4.78, 5) is 26.4.